The van der Waals surface area contributed by atoms with Gasteiger partial charge in [-0.25, -0.2) is 4.79 Å². The third kappa shape index (κ3) is 4.32. The van der Waals surface area contributed by atoms with Gasteiger partial charge in [0.1, 0.15) is 11.3 Å². The molecule has 33 heavy (non-hydrogen) atoms. The summed E-state index contributed by atoms with van der Waals surface area (Å²) in [4.78, 5) is 28.3. The highest BCUT2D eigenvalue weighted by Gasteiger charge is 2.22. The lowest BCUT2D eigenvalue weighted by Crippen LogP contribution is -2.17. The first kappa shape index (κ1) is 22.1. The molecule has 1 heterocycles. The van der Waals surface area contributed by atoms with Gasteiger partial charge in [0.2, 0.25) is 11.2 Å². The molecule has 0 amide bonds. The van der Waals surface area contributed by atoms with E-state index in [-0.39, 0.29) is 11.5 Å². The van der Waals surface area contributed by atoms with Crippen LogP contribution in [0.5, 0.6) is 11.5 Å². The van der Waals surface area contributed by atoms with Crippen LogP contribution in [0.15, 0.2) is 69.9 Å². The number of rotatable bonds is 5. The van der Waals surface area contributed by atoms with E-state index in [0.717, 1.165) is 16.8 Å². The first-order valence-electron chi connectivity index (χ1n) is 10.5. The number of hydrogen-bond acceptors (Lipinski definition) is 6. The predicted octanol–water partition coefficient (Wildman–Crippen LogP) is 5.37. The molecule has 0 aliphatic carbocycles. The van der Waals surface area contributed by atoms with E-state index in [0.29, 0.717) is 27.8 Å². The van der Waals surface area contributed by atoms with Gasteiger partial charge in [-0.05, 0) is 85.6 Å². The van der Waals surface area contributed by atoms with Crippen LogP contribution in [-0.2, 0) is 0 Å². The molecule has 0 fully saturated rings. The fourth-order valence-corrected chi connectivity index (χ4v) is 3.51. The van der Waals surface area contributed by atoms with Crippen LogP contribution in [0, 0.1) is 13.8 Å². The summed E-state index contributed by atoms with van der Waals surface area (Å²) in [5.74, 6) is 0.0766. The fraction of sp³-hybridized carbons (Fsp3) is 0.185. The quantitative estimate of drug-likeness (QED) is 0.386. The van der Waals surface area contributed by atoms with Gasteiger partial charge in [-0.1, -0.05) is 0 Å². The average Bonchev–Trinajstić information content (AvgIpc) is 2.82. The van der Waals surface area contributed by atoms with Crippen molar-refractivity contribution in [1.82, 2.24) is 0 Å². The van der Waals surface area contributed by atoms with Crippen LogP contribution < -0.4 is 19.8 Å². The second-order valence-electron chi connectivity index (χ2n) is 8.08. The van der Waals surface area contributed by atoms with E-state index in [1.165, 1.54) is 0 Å². The Bertz CT molecular complexity index is 1380. The van der Waals surface area contributed by atoms with E-state index in [4.69, 9.17) is 13.9 Å². The Balaban J connectivity index is 1.85. The molecule has 168 valence electrons. The molecule has 1 aromatic heterocycles. The van der Waals surface area contributed by atoms with Crippen molar-refractivity contribution < 1.29 is 18.7 Å². The molecule has 6 heteroatoms. The second kappa shape index (κ2) is 8.82. The summed E-state index contributed by atoms with van der Waals surface area (Å²) in [6.45, 7) is 3.87. The van der Waals surface area contributed by atoms with E-state index in [2.05, 4.69) is 0 Å². The number of anilines is 1. The maximum atomic E-state index is 13.5. The van der Waals surface area contributed by atoms with Crippen LogP contribution in [-0.4, -0.2) is 27.2 Å². The SMILES string of the molecule is COc1ccc(-c2oc3cc(C)c(C)cc3c(=O)c2OC(=O)c2ccc(N(C)C)cc2)cc1. The van der Waals surface area contributed by atoms with Crippen molar-refractivity contribution >= 4 is 22.6 Å². The van der Waals surface area contributed by atoms with Crippen LogP contribution in [0.1, 0.15) is 21.5 Å². The van der Waals surface area contributed by atoms with Gasteiger partial charge in [-0.2, -0.15) is 0 Å². The van der Waals surface area contributed by atoms with E-state index in [1.807, 2.05) is 51.0 Å². The molecule has 0 bridgehead atoms. The smallest absolute Gasteiger partial charge is 0.343 e. The van der Waals surface area contributed by atoms with Crippen molar-refractivity contribution in [1.29, 1.82) is 0 Å². The Hall–Kier alpha value is -4.06. The van der Waals surface area contributed by atoms with Crippen molar-refractivity contribution in [3.8, 4) is 22.8 Å². The summed E-state index contributed by atoms with van der Waals surface area (Å²) in [6.07, 6.45) is 0. The van der Waals surface area contributed by atoms with Crippen LogP contribution >= 0.6 is 0 Å². The number of fused-ring (bicyclic) bond motifs is 1. The Labute approximate surface area is 192 Å². The van der Waals surface area contributed by atoms with Gasteiger partial charge in [-0.3, -0.25) is 4.79 Å². The van der Waals surface area contributed by atoms with Crippen molar-refractivity contribution in [2.45, 2.75) is 13.8 Å². The molecule has 0 radical (unpaired) electrons. The predicted molar refractivity (Wildman–Crippen MR) is 130 cm³/mol. The van der Waals surface area contributed by atoms with E-state index < -0.39 is 11.4 Å². The highest BCUT2D eigenvalue weighted by molar-refractivity contribution is 5.93. The zero-order valence-electron chi connectivity index (χ0n) is 19.3. The van der Waals surface area contributed by atoms with E-state index in [9.17, 15) is 9.59 Å². The number of benzene rings is 3. The third-order valence-corrected chi connectivity index (χ3v) is 5.63. The van der Waals surface area contributed by atoms with Crippen LogP contribution in [0.3, 0.4) is 0 Å². The van der Waals surface area contributed by atoms with Gasteiger partial charge in [0.05, 0.1) is 18.1 Å². The molecule has 4 rings (SSSR count). The lowest BCUT2D eigenvalue weighted by Gasteiger charge is -2.14. The summed E-state index contributed by atoms with van der Waals surface area (Å²) in [6, 6.07) is 17.6. The van der Waals surface area contributed by atoms with Crippen LogP contribution in [0.2, 0.25) is 0 Å². The zero-order valence-corrected chi connectivity index (χ0v) is 19.3. The first-order chi connectivity index (χ1) is 15.8. The van der Waals surface area contributed by atoms with Gasteiger partial charge < -0.3 is 18.8 Å². The number of aryl methyl sites for hydroxylation is 2. The number of nitrogens with zero attached hydrogens (tertiary/aromatic N) is 1. The monoisotopic (exact) mass is 443 g/mol. The van der Waals surface area contributed by atoms with Gasteiger partial charge in [0, 0.05) is 25.3 Å². The normalized spacial score (nSPS) is 10.8. The van der Waals surface area contributed by atoms with Gasteiger partial charge in [0.25, 0.3) is 0 Å². The molecule has 0 unspecified atom stereocenters. The number of carbonyl (C=O) groups is 1. The molecule has 0 aliphatic heterocycles. The minimum Gasteiger partial charge on any atom is -0.497 e. The number of ether oxygens (including phenoxy) is 2. The minimum atomic E-state index is -0.634. The molecule has 0 atom stereocenters. The topological polar surface area (TPSA) is 69.0 Å². The highest BCUT2D eigenvalue weighted by atomic mass is 16.5. The summed E-state index contributed by atoms with van der Waals surface area (Å²) in [5, 5.41) is 0.362. The van der Waals surface area contributed by atoms with Gasteiger partial charge in [-0.15, -0.1) is 0 Å². The van der Waals surface area contributed by atoms with Crippen molar-refractivity contribution in [2.75, 3.05) is 26.1 Å². The number of esters is 1. The second-order valence-corrected chi connectivity index (χ2v) is 8.08. The Morgan fingerprint density at radius 3 is 2.15 bits per heavy atom. The molecule has 3 aromatic carbocycles. The lowest BCUT2D eigenvalue weighted by molar-refractivity contribution is 0.0731. The molecule has 4 aromatic rings. The average molecular weight is 443 g/mol. The molecular weight excluding hydrogens is 418 g/mol. The van der Waals surface area contributed by atoms with Gasteiger partial charge >= 0.3 is 5.97 Å². The summed E-state index contributed by atoms with van der Waals surface area (Å²) in [5.41, 5.74) is 3.86. The molecule has 0 aliphatic rings. The molecule has 0 saturated carbocycles. The number of hydrogen-bond donors (Lipinski definition) is 0. The molecule has 0 spiro atoms. The number of carbonyl (C=O) groups excluding carboxylic acids is 1. The van der Waals surface area contributed by atoms with Crippen molar-refractivity contribution in [3.05, 3.63) is 87.6 Å². The Morgan fingerprint density at radius 1 is 0.909 bits per heavy atom. The standard InChI is InChI=1S/C27H25NO5/c1-16-14-22-23(15-17(16)2)32-25(18-8-12-21(31-5)13-9-18)26(24(22)29)33-27(30)19-6-10-20(11-7-19)28(3)4/h6-15H,1-5H3. The Kier molecular flexibility index (Phi) is 5.92. The van der Waals surface area contributed by atoms with E-state index in [1.54, 1.807) is 49.6 Å². The number of methoxy groups -OCH3 is 1. The molecule has 0 saturated heterocycles. The van der Waals surface area contributed by atoms with E-state index >= 15 is 0 Å². The summed E-state index contributed by atoms with van der Waals surface area (Å²) in [7, 11) is 5.40. The maximum absolute atomic E-state index is 13.5. The lowest BCUT2D eigenvalue weighted by atomic mass is 10.0. The van der Waals surface area contributed by atoms with Gasteiger partial charge in [0.15, 0.2) is 5.76 Å². The third-order valence-electron chi connectivity index (χ3n) is 5.63. The van der Waals surface area contributed by atoms with Crippen LogP contribution in [0.4, 0.5) is 5.69 Å². The fourth-order valence-electron chi connectivity index (χ4n) is 3.51. The highest BCUT2D eigenvalue weighted by Crippen LogP contribution is 2.33. The molecule has 6 nitrogen and oxygen atoms in total. The molecule has 0 N–H and O–H groups in total. The summed E-state index contributed by atoms with van der Waals surface area (Å²) >= 11 is 0. The van der Waals surface area contributed by atoms with Crippen molar-refractivity contribution in [3.63, 3.8) is 0 Å². The maximum Gasteiger partial charge on any atom is 0.343 e. The largest absolute Gasteiger partial charge is 0.497 e. The van der Waals surface area contributed by atoms with Crippen molar-refractivity contribution in [2.24, 2.45) is 0 Å². The molecular formula is C27H25NO5. The zero-order chi connectivity index (χ0) is 23.7. The van der Waals surface area contributed by atoms with Crippen LogP contribution in [0.25, 0.3) is 22.3 Å². The summed E-state index contributed by atoms with van der Waals surface area (Å²) < 4.78 is 17.0. The Morgan fingerprint density at radius 2 is 1.55 bits per heavy atom. The first-order valence-corrected chi connectivity index (χ1v) is 10.5. The minimum absolute atomic E-state index is 0.141.